The molecular formula is C12H13NO3. The lowest BCUT2D eigenvalue weighted by Gasteiger charge is -2.03. The van der Waals surface area contributed by atoms with E-state index < -0.39 is 4.92 Å². The summed E-state index contributed by atoms with van der Waals surface area (Å²) in [6.07, 6.45) is 2.30. The molecule has 4 nitrogen and oxygen atoms in total. The van der Waals surface area contributed by atoms with E-state index in [1.807, 2.05) is 13.8 Å². The van der Waals surface area contributed by atoms with Gasteiger partial charge in [-0.15, -0.1) is 0 Å². The van der Waals surface area contributed by atoms with E-state index in [0.29, 0.717) is 11.1 Å². The maximum atomic E-state index is 10.8. The molecule has 0 atom stereocenters. The number of hydrogen-bond donors (Lipinski definition) is 0. The van der Waals surface area contributed by atoms with Crippen LogP contribution >= 0.6 is 0 Å². The van der Waals surface area contributed by atoms with E-state index in [4.69, 9.17) is 0 Å². The topological polar surface area (TPSA) is 60.2 Å². The van der Waals surface area contributed by atoms with E-state index in [2.05, 4.69) is 0 Å². The molecule has 0 aliphatic carbocycles. The summed E-state index contributed by atoms with van der Waals surface area (Å²) < 4.78 is 0. The molecule has 84 valence electrons. The van der Waals surface area contributed by atoms with Gasteiger partial charge in [0.05, 0.1) is 10.5 Å². The van der Waals surface area contributed by atoms with Gasteiger partial charge in [-0.1, -0.05) is 26.0 Å². The second-order valence-corrected chi connectivity index (χ2v) is 3.73. The summed E-state index contributed by atoms with van der Waals surface area (Å²) >= 11 is 0. The molecule has 0 N–H and O–H groups in total. The second kappa shape index (κ2) is 5.21. The maximum Gasteiger partial charge on any atom is 0.276 e. The Morgan fingerprint density at radius 1 is 1.38 bits per heavy atom. The summed E-state index contributed by atoms with van der Waals surface area (Å²) in [5.74, 6) is 0.0531. The molecule has 16 heavy (non-hydrogen) atoms. The lowest BCUT2D eigenvalue weighted by Crippen LogP contribution is -1.97. The van der Waals surface area contributed by atoms with E-state index in [1.54, 1.807) is 24.3 Å². The predicted molar refractivity (Wildman–Crippen MR) is 62.0 cm³/mol. The second-order valence-electron chi connectivity index (χ2n) is 3.73. The average molecular weight is 219 g/mol. The number of para-hydroxylation sites is 1. The number of aldehydes is 1. The number of nitro benzene ring substituents is 1. The van der Waals surface area contributed by atoms with Crippen LogP contribution in [0, 0.1) is 16.0 Å². The summed E-state index contributed by atoms with van der Waals surface area (Å²) in [7, 11) is 0. The summed E-state index contributed by atoms with van der Waals surface area (Å²) in [5.41, 5.74) is 1.03. The normalized spacial score (nSPS) is 11.6. The quantitative estimate of drug-likeness (QED) is 0.338. The largest absolute Gasteiger partial charge is 0.298 e. The smallest absolute Gasteiger partial charge is 0.276 e. The molecule has 0 radical (unpaired) electrons. The molecule has 0 aromatic heterocycles. The van der Waals surface area contributed by atoms with Crippen molar-refractivity contribution in [2.45, 2.75) is 13.8 Å². The van der Waals surface area contributed by atoms with Crippen LogP contribution in [0.5, 0.6) is 0 Å². The fourth-order valence-electron chi connectivity index (χ4n) is 1.29. The monoisotopic (exact) mass is 219 g/mol. The minimum Gasteiger partial charge on any atom is -0.298 e. The summed E-state index contributed by atoms with van der Waals surface area (Å²) in [4.78, 5) is 21.1. The standard InChI is InChI=1S/C12H13NO3/c1-9(2)11(8-14)7-10-5-3-4-6-12(10)13(15)16/h3-9H,1-2H3/b11-7-. The van der Waals surface area contributed by atoms with Crippen molar-refractivity contribution in [3.05, 3.63) is 45.5 Å². The van der Waals surface area contributed by atoms with Crippen molar-refractivity contribution in [1.29, 1.82) is 0 Å². The molecule has 0 spiro atoms. The molecule has 0 unspecified atom stereocenters. The van der Waals surface area contributed by atoms with Crippen molar-refractivity contribution in [3.63, 3.8) is 0 Å². The molecule has 1 rings (SSSR count). The van der Waals surface area contributed by atoms with E-state index in [-0.39, 0.29) is 11.6 Å². The Balaban J connectivity index is 3.23. The lowest BCUT2D eigenvalue weighted by atomic mass is 10.0. The fraction of sp³-hybridized carbons (Fsp3) is 0.250. The molecular weight excluding hydrogens is 206 g/mol. The Morgan fingerprint density at radius 3 is 2.50 bits per heavy atom. The van der Waals surface area contributed by atoms with Gasteiger partial charge < -0.3 is 0 Å². The van der Waals surface area contributed by atoms with Crippen molar-refractivity contribution in [1.82, 2.24) is 0 Å². The van der Waals surface area contributed by atoms with E-state index in [1.165, 1.54) is 6.07 Å². The van der Waals surface area contributed by atoms with Gasteiger partial charge in [-0.2, -0.15) is 0 Å². The number of carbonyl (C=O) groups is 1. The van der Waals surface area contributed by atoms with Crippen LogP contribution in [-0.2, 0) is 4.79 Å². The van der Waals surface area contributed by atoms with Crippen molar-refractivity contribution >= 4 is 18.0 Å². The van der Waals surface area contributed by atoms with Gasteiger partial charge in [-0.3, -0.25) is 14.9 Å². The molecule has 0 aliphatic heterocycles. The van der Waals surface area contributed by atoms with Gasteiger partial charge >= 0.3 is 0 Å². The number of benzene rings is 1. The molecule has 0 aliphatic rings. The first-order valence-electron chi connectivity index (χ1n) is 4.96. The number of nitro groups is 1. The minimum atomic E-state index is -0.450. The molecule has 0 saturated carbocycles. The third kappa shape index (κ3) is 2.76. The number of carbonyl (C=O) groups excluding carboxylic acids is 1. The van der Waals surface area contributed by atoms with Crippen molar-refractivity contribution in [2.24, 2.45) is 5.92 Å². The van der Waals surface area contributed by atoms with Crippen LogP contribution in [0.4, 0.5) is 5.69 Å². The van der Waals surface area contributed by atoms with Crippen LogP contribution in [0.25, 0.3) is 6.08 Å². The first-order valence-corrected chi connectivity index (χ1v) is 4.96. The van der Waals surface area contributed by atoms with E-state index in [0.717, 1.165) is 6.29 Å². The van der Waals surface area contributed by atoms with E-state index in [9.17, 15) is 14.9 Å². The summed E-state index contributed by atoms with van der Waals surface area (Å²) in [5, 5.41) is 10.7. The third-order valence-corrected chi connectivity index (χ3v) is 2.26. The average Bonchev–Trinajstić information content (AvgIpc) is 2.25. The molecule has 0 fully saturated rings. The molecule has 0 amide bonds. The zero-order chi connectivity index (χ0) is 12.1. The molecule has 1 aromatic rings. The Kier molecular flexibility index (Phi) is 3.94. The Morgan fingerprint density at radius 2 is 2.00 bits per heavy atom. The van der Waals surface area contributed by atoms with Crippen LogP contribution in [0.2, 0.25) is 0 Å². The highest BCUT2D eigenvalue weighted by Crippen LogP contribution is 2.22. The fourth-order valence-corrected chi connectivity index (χ4v) is 1.29. The highest BCUT2D eigenvalue weighted by atomic mass is 16.6. The SMILES string of the molecule is CC(C)/C(C=O)=C\c1ccccc1[N+](=O)[O-]. The Hall–Kier alpha value is -1.97. The molecule has 4 heteroatoms. The number of allylic oxidation sites excluding steroid dienone is 1. The van der Waals surface area contributed by atoms with Crippen molar-refractivity contribution in [3.8, 4) is 0 Å². The van der Waals surface area contributed by atoms with Gasteiger partial charge in [0.25, 0.3) is 5.69 Å². The van der Waals surface area contributed by atoms with Gasteiger partial charge in [0.2, 0.25) is 0 Å². The third-order valence-electron chi connectivity index (χ3n) is 2.26. The Bertz CT molecular complexity index is 436. The maximum absolute atomic E-state index is 10.8. The number of hydrogen-bond acceptors (Lipinski definition) is 3. The van der Waals surface area contributed by atoms with Crippen LogP contribution in [0.15, 0.2) is 29.8 Å². The van der Waals surface area contributed by atoms with Gasteiger partial charge in [-0.25, -0.2) is 0 Å². The van der Waals surface area contributed by atoms with Gasteiger partial charge in [-0.05, 0) is 23.6 Å². The minimum absolute atomic E-state index is 0.0162. The van der Waals surface area contributed by atoms with Crippen LogP contribution in [0.3, 0.4) is 0 Å². The predicted octanol–water partition coefficient (Wildman–Crippen LogP) is 2.83. The first-order chi connectivity index (χ1) is 7.56. The number of nitrogens with zero attached hydrogens (tertiary/aromatic N) is 1. The van der Waals surface area contributed by atoms with Gasteiger partial charge in [0, 0.05) is 6.07 Å². The van der Waals surface area contributed by atoms with Crippen molar-refractivity contribution in [2.75, 3.05) is 0 Å². The zero-order valence-corrected chi connectivity index (χ0v) is 9.21. The van der Waals surface area contributed by atoms with E-state index >= 15 is 0 Å². The zero-order valence-electron chi connectivity index (χ0n) is 9.21. The van der Waals surface area contributed by atoms with Gasteiger partial charge in [0.15, 0.2) is 0 Å². The van der Waals surface area contributed by atoms with Crippen molar-refractivity contribution < 1.29 is 9.72 Å². The lowest BCUT2D eigenvalue weighted by molar-refractivity contribution is -0.385. The summed E-state index contributed by atoms with van der Waals surface area (Å²) in [6.45, 7) is 3.74. The molecule has 1 aromatic carbocycles. The number of rotatable bonds is 4. The summed E-state index contributed by atoms with van der Waals surface area (Å²) in [6, 6.07) is 6.37. The molecule has 0 bridgehead atoms. The van der Waals surface area contributed by atoms with Crippen LogP contribution < -0.4 is 0 Å². The Labute approximate surface area is 93.7 Å². The highest BCUT2D eigenvalue weighted by Gasteiger charge is 2.11. The van der Waals surface area contributed by atoms with Crippen LogP contribution in [0.1, 0.15) is 19.4 Å². The van der Waals surface area contributed by atoms with Crippen LogP contribution in [-0.4, -0.2) is 11.2 Å². The van der Waals surface area contributed by atoms with Gasteiger partial charge in [0.1, 0.15) is 6.29 Å². The highest BCUT2D eigenvalue weighted by molar-refractivity contribution is 5.83. The first kappa shape index (κ1) is 12.1. The molecule has 0 saturated heterocycles. The molecule has 0 heterocycles.